The minimum absolute atomic E-state index is 0.196. The molecule has 0 heterocycles. The van der Waals surface area contributed by atoms with Crippen molar-refractivity contribution < 1.29 is 18.0 Å². The molecule has 72 valence electrons. The monoisotopic (exact) mass is 190 g/mol. The van der Waals surface area contributed by atoms with E-state index < -0.39 is 17.5 Å². The van der Waals surface area contributed by atoms with E-state index in [0.717, 1.165) is 13.0 Å². The van der Waals surface area contributed by atoms with E-state index in [9.17, 15) is 18.0 Å². The highest BCUT2D eigenvalue weighted by molar-refractivity contribution is 5.98. The van der Waals surface area contributed by atoms with Gasteiger partial charge in [-0.2, -0.15) is 13.2 Å². The maximum Gasteiger partial charge on any atom is 0.416 e. The number of hydrogen-bond donors (Lipinski definition) is 0. The van der Waals surface area contributed by atoms with Gasteiger partial charge in [0.25, 0.3) is 0 Å². The van der Waals surface area contributed by atoms with Crippen LogP contribution < -0.4 is 0 Å². The summed E-state index contributed by atoms with van der Waals surface area (Å²) in [4.78, 5) is 10.8. The molecular formula is C9H9F3O. The van der Waals surface area contributed by atoms with E-state index in [1.54, 1.807) is 0 Å². The number of carbonyl (C=O) groups is 1. The summed E-state index contributed by atoms with van der Waals surface area (Å²) in [7, 11) is 0. The number of allylic oxidation sites excluding steroid dienone is 4. The summed E-state index contributed by atoms with van der Waals surface area (Å²) >= 11 is 0. The van der Waals surface area contributed by atoms with Crippen LogP contribution in [-0.2, 0) is 4.79 Å². The lowest BCUT2D eigenvalue weighted by Crippen LogP contribution is -2.18. The van der Waals surface area contributed by atoms with Crippen molar-refractivity contribution in [2.24, 2.45) is 0 Å². The van der Waals surface area contributed by atoms with E-state index in [1.807, 2.05) is 0 Å². The summed E-state index contributed by atoms with van der Waals surface area (Å²) < 4.78 is 36.9. The van der Waals surface area contributed by atoms with Crippen molar-refractivity contribution in [1.29, 1.82) is 0 Å². The Kier molecular flexibility index (Phi) is 2.59. The van der Waals surface area contributed by atoms with Crippen LogP contribution in [0.15, 0.2) is 23.3 Å². The van der Waals surface area contributed by atoms with Gasteiger partial charge in [-0.3, -0.25) is 4.79 Å². The quantitative estimate of drug-likeness (QED) is 0.621. The highest BCUT2D eigenvalue weighted by atomic mass is 19.4. The molecule has 0 aliphatic heterocycles. The van der Waals surface area contributed by atoms with Gasteiger partial charge in [0.2, 0.25) is 0 Å². The van der Waals surface area contributed by atoms with E-state index in [0.29, 0.717) is 12.8 Å². The number of alkyl halides is 3. The first-order chi connectivity index (χ1) is 5.93. The van der Waals surface area contributed by atoms with Crippen molar-refractivity contribution in [3.8, 4) is 0 Å². The van der Waals surface area contributed by atoms with E-state index in [4.69, 9.17) is 0 Å². The summed E-state index contributed by atoms with van der Waals surface area (Å²) in [6, 6.07) is 0. The number of ketones is 1. The van der Waals surface area contributed by atoms with Crippen LogP contribution in [0.1, 0.15) is 19.8 Å². The lowest BCUT2D eigenvalue weighted by Gasteiger charge is -2.16. The molecule has 0 aromatic carbocycles. The number of Topliss-reactive ketones (excluding diaryl/α,β-unsaturated/α-hetero) is 1. The highest BCUT2D eigenvalue weighted by Crippen LogP contribution is 2.34. The zero-order chi connectivity index (χ0) is 10.1. The van der Waals surface area contributed by atoms with Crippen LogP contribution >= 0.6 is 0 Å². The molecule has 1 nitrogen and oxygen atoms in total. The van der Waals surface area contributed by atoms with Crippen LogP contribution in [0.25, 0.3) is 0 Å². The third kappa shape index (κ3) is 2.20. The molecular weight excluding hydrogens is 181 g/mol. The number of carbonyl (C=O) groups excluding carboxylic acids is 1. The van der Waals surface area contributed by atoms with Crippen LogP contribution in [0.4, 0.5) is 13.2 Å². The lowest BCUT2D eigenvalue weighted by atomic mass is 9.95. The SMILES string of the molecule is CC(=O)C1=CCCC=C1C(F)(F)F. The average Bonchev–Trinajstić information content (AvgIpc) is 2.03. The Labute approximate surface area is 73.9 Å². The lowest BCUT2D eigenvalue weighted by molar-refractivity contribution is -0.116. The van der Waals surface area contributed by atoms with Crippen LogP contribution in [0.5, 0.6) is 0 Å². The average molecular weight is 190 g/mol. The molecule has 0 unspecified atom stereocenters. The smallest absolute Gasteiger partial charge is 0.295 e. The maximum absolute atomic E-state index is 12.3. The van der Waals surface area contributed by atoms with Crippen molar-refractivity contribution in [2.45, 2.75) is 25.9 Å². The molecule has 0 spiro atoms. The number of hydrogen-bond acceptors (Lipinski definition) is 1. The molecule has 1 rings (SSSR count). The van der Waals surface area contributed by atoms with E-state index in [-0.39, 0.29) is 5.57 Å². The van der Waals surface area contributed by atoms with Gasteiger partial charge in [-0.05, 0) is 19.8 Å². The van der Waals surface area contributed by atoms with Crippen LogP contribution in [0.2, 0.25) is 0 Å². The number of halogens is 3. The Bertz CT molecular complexity index is 284. The first-order valence-corrected chi connectivity index (χ1v) is 3.91. The molecule has 0 radical (unpaired) electrons. The number of rotatable bonds is 1. The highest BCUT2D eigenvalue weighted by Gasteiger charge is 2.37. The molecule has 0 bridgehead atoms. The van der Waals surface area contributed by atoms with Gasteiger partial charge < -0.3 is 0 Å². The van der Waals surface area contributed by atoms with Crippen LogP contribution in [0.3, 0.4) is 0 Å². The zero-order valence-electron chi connectivity index (χ0n) is 7.11. The minimum atomic E-state index is -4.40. The molecule has 1 aliphatic carbocycles. The third-order valence-electron chi connectivity index (χ3n) is 1.84. The fourth-order valence-electron chi connectivity index (χ4n) is 1.28. The molecule has 1 aliphatic rings. The normalized spacial score (nSPS) is 17.8. The molecule has 0 fully saturated rings. The second-order valence-corrected chi connectivity index (χ2v) is 2.87. The fourth-order valence-corrected chi connectivity index (χ4v) is 1.28. The molecule has 4 heteroatoms. The Balaban J connectivity index is 3.02. The summed E-state index contributed by atoms with van der Waals surface area (Å²) in [6.45, 7) is 1.15. The first kappa shape index (κ1) is 10.0. The molecule has 0 aromatic heterocycles. The Hall–Kier alpha value is -1.06. The summed E-state index contributed by atoms with van der Waals surface area (Å²) in [6.07, 6.45) is -1.11. The molecule has 0 N–H and O–H groups in total. The molecule has 0 saturated heterocycles. The molecule has 0 saturated carbocycles. The largest absolute Gasteiger partial charge is 0.416 e. The molecule has 0 amide bonds. The predicted molar refractivity (Wildman–Crippen MR) is 42.1 cm³/mol. The van der Waals surface area contributed by atoms with Crippen molar-refractivity contribution in [3.05, 3.63) is 23.3 Å². The fraction of sp³-hybridized carbons (Fsp3) is 0.444. The standard InChI is InChI=1S/C9H9F3O/c1-6(13)7-4-2-3-5-8(7)9(10,11)12/h4-5H,2-3H2,1H3. The van der Waals surface area contributed by atoms with E-state index in [1.165, 1.54) is 6.08 Å². The van der Waals surface area contributed by atoms with Gasteiger partial charge in [0.05, 0.1) is 5.57 Å². The van der Waals surface area contributed by atoms with Gasteiger partial charge in [-0.25, -0.2) is 0 Å². The Morgan fingerprint density at radius 3 is 2.23 bits per heavy atom. The predicted octanol–water partition coefficient (Wildman–Crippen LogP) is 2.78. The summed E-state index contributed by atoms with van der Waals surface area (Å²) in [5, 5.41) is 0. The molecule has 13 heavy (non-hydrogen) atoms. The van der Waals surface area contributed by atoms with Gasteiger partial charge in [0.15, 0.2) is 5.78 Å². The van der Waals surface area contributed by atoms with Gasteiger partial charge >= 0.3 is 6.18 Å². The second-order valence-electron chi connectivity index (χ2n) is 2.87. The second kappa shape index (κ2) is 3.36. The van der Waals surface area contributed by atoms with Crippen molar-refractivity contribution >= 4 is 5.78 Å². The van der Waals surface area contributed by atoms with Gasteiger partial charge in [-0.15, -0.1) is 0 Å². The van der Waals surface area contributed by atoms with Crippen LogP contribution in [0, 0.1) is 0 Å². The Morgan fingerprint density at radius 1 is 1.31 bits per heavy atom. The minimum Gasteiger partial charge on any atom is -0.295 e. The van der Waals surface area contributed by atoms with E-state index in [2.05, 4.69) is 0 Å². The first-order valence-electron chi connectivity index (χ1n) is 3.91. The van der Waals surface area contributed by atoms with Crippen molar-refractivity contribution in [3.63, 3.8) is 0 Å². The summed E-state index contributed by atoms with van der Waals surface area (Å²) in [5.74, 6) is -0.525. The van der Waals surface area contributed by atoms with Crippen molar-refractivity contribution in [2.75, 3.05) is 0 Å². The van der Waals surface area contributed by atoms with Crippen LogP contribution in [-0.4, -0.2) is 12.0 Å². The van der Waals surface area contributed by atoms with Gasteiger partial charge in [0, 0.05) is 5.57 Å². The van der Waals surface area contributed by atoms with Gasteiger partial charge in [0.1, 0.15) is 0 Å². The van der Waals surface area contributed by atoms with Gasteiger partial charge in [-0.1, -0.05) is 12.2 Å². The summed E-state index contributed by atoms with van der Waals surface area (Å²) in [5.41, 5.74) is -0.981. The van der Waals surface area contributed by atoms with Crippen molar-refractivity contribution in [1.82, 2.24) is 0 Å². The maximum atomic E-state index is 12.3. The Morgan fingerprint density at radius 2 is 1.85 bits per heavy atom. The third-order valence-corrected chi connectivity index (χ3v) is 1.84. The topological polar surface area (TPSA) is 17.1 Å². The zero-order valence-corrected chi connectivity index (χ0v) is 7.11. The van der Waals surface area contributed by atoms with E-state index >= 15 is 0 Å². The molecule has 0 aromatic rings. The molecule has 0 atom stereocenters.